The average Bonchev–Trinajstić information content (AvgIpc) is 2.43. The van der Waals surface area contributed by atoms with Gasteiger partial charge in [0.15, 0.2) is 0 Å². The molecule has 1 aromatic carbocycles. The van der Waals surface area contributed by atoms with Gasteiger partial charge in [-0.3, -0.25) is 0 Å². The Bertz CT molecular complexity index is 427. The van der Waals surface area contributed by atoms with Gasteiger partial charge in [-0.05, 0) is 23.8 Å². The molecule has 19 heavy (non-hydrogen) atoms. The average molecular weight is 286 g/mol. The van der Waals surface area contributed by atoms with Crippen LogP contribution < -0.4 is 10.6 Å². The molecule has 0 saturated heterocycles. The van der Waals surface area contributed by atoms with Gasteiger partial charge in [0.2, 0.25) is 0 Å². The second-order valence-corrected chi connectivity index (χ2v) is 4.19. The maximum atomic E-state index is 11.4. The Balaban J connectivity index is 2.45. The number of halogens is 1. The van der Waals surface area contributed by atoms with Crippen LogP contribution in [0.3, 0.4) is 0 Å². The number of nitrogens with zero attached hydrogens (tertiary/aromatic N) is 1. The van der Waals surface area contributed by atoms with Crippen LogP contribution in [0.5, 0.6) is 0 Å². The van der Waals surface area contributed by atoms with Gasteiger partial charge >= 0.3 is 12.1 Å². The second-order valence-electron chi connectivity index (χ2n) is 3.97. The largest absolute Gasteiger partial charge is 0.447 e. The third-order valence-corrected chi connectivity index (χ3v) is 2.80. The van der Waals surface area contributed by atoms with Crippen LogP contribution in [0.1, 0.15) is 5.56 Å². The normalized spacial score (nSPS) is 11.7. The monoisotopic (exact) mass is 285 g/mol. The number of imide groups is 1. The predicted octanol–water partition coefficient (Wildman–Crippen LogP) is 1.49. The second kappa shape index (κ2) is 7.60. The van der Waals surface area contributed by atoms with Crippen molar-refractivity contribution in [3.8, 4) is 0 Å². The molecule has 0 aliphatic rings. The van der Waals surface area contributed by atoms with Crippen molar-refractivity contribution in [2.45, 2.75) is 12.5 Å². The molecule has 7 heteroatoms. The van der Waals surface area contributed by atoms with E-state index in [0.717, 1.165) is 5.56 Å². The van der Waals surface area contributed by atoms with Crippen molar-refractivity contribution < 1.29 is 14.3 Å². The summed E-state index contributed by atoms with van der Waals surface area (Å²) in [6, 6.07) is 8.49. The molecule has 0 aromatic heterocycles. The standard InChI is InChI=1S/C12H16ClN3O3/c1-16(11(14)17)12(18)19-8-10(15-13)7-9-5-3-2-4-6-9/h2-6,10,15H,7-8H2,1H3,(H2,14,17). The molecular weight excluding hydrogens is 270 g/mol. The van der Waals surface area contributed by atoms with Crippen LogP contribution in [0.4, 0.5) is 9.59 Å². The number of ether oxygens (including phenoxy) is 1. The van der Waals surface area contributed by atoms with Gasteiger partial charge in [0.25, 0.3) is 0 Å². The molecule has 0 spiro atoms. The molecule has 104 valence electrons. The van der Waals surface area contributed by atoms with Gasteiger partial charge in [-0.1, -0.05) is 30.3 Å². The Morgan fingerprint density at radius 1 is 1.42 bits per heavy atom. The quantitative estimate of drug-likeness (QED) is 0.803. The maximum absolute atomic E-state index is 11.4. The first-order chi connectivity index (χ1) is 9.04. The van der Waals surface area contributed by atoms with E-state index in [1.165, 1.54) is 7.05 Å². The molecule has 1 aromatic rings. The lowest BCUT2D eigenvalue weighted by atomic mass is 10.1. The number of benzene rings is 1. The first-order valence-corrected chi connectivity index (χ1v) is 6.02. The van der Waals surface area contributed by atoms with E-state index in [2.05, 4.69) is 4.84 Å². The predicted molar refractivity (Wildman–Crippen MR) is 71.6 cm³/mol. The summed E-state index contributed by atoms with van der Waals surface area (Å²) in [6.45, 7) is 0.0366. The van der Waals surface area contributed by atoms with Crippen molar-refractivity contribution in [2.75, 3.05) is 13.7 Å². The molecule has 1 atom stereocenters. The smallest absolute Gasteiger partial charge is 0.417 e. The summed E-state index contributed by atoms with van der Waals surface area (Å²) in [5.74, 6) is 0. The Hall–Kier alpha value is -1.79. The zero-order valence-corrected chi connectivity index (χ0v) is 11.3. The lowest BCUT2D eigenvalue weighted by molar-refractivity contribution is 0.111. The first-order valence-electron chi connectivity index (χ1n) is 5.64. The molecule has 0 radical (unpaired) electrons. The van der Waals surface area contributed by atoms with Gasteiger partial charge in [-0.15, -0.1) is 0 Å². The van der Waals surface area contributed by atoms with E-state index in [1.54, 1.807) is 0 Å². The maximum Gasteiger partial charge on any atom is 0.417 e. The number of carbonyl (C=O) groups is 2. The van der Waals surface area contributed by atoms with E-state index in [-0.39, 0.29) is 12.6 Å². The summed E-state index contributed by atoms with van der Waals surface area (Å²) in [5, 5.41) is 0. The minimum absolute atomic E-state index is 0.0366. The van der Waals surface area contributed by atoms with Crippen molar-refractivity contribution in [2.24, 2.45) is 5.73 Å². The lowest BCUT2D eigenvalue weighted by Crippen LogP contribution is -2.40. The zero-order chi connectivity index (χ0) is 14.3. The SMILES string of the molecule is CN(C(N)=O)C(=O)OCC(Cc1ccccc1)NCl. The topological polar surface area (TPSA) is 84.7 Å². The van der Waals surface area contributed by atoms with Crippen LogP contribution in [0, 0.1) is 0 Å². The van der Waals surface area contributed by atoms with E-state index in [9.17, 15) is 9.59 Å². The Labute approximate surface area is 116 Å². The molecule has 0 heterocycles. The van der Waals surface area contributed by atoms with Crippen molar-refractivity contribution in [1.82, 2.24) is 9.74 Å². The number of amides is 3. The van der Waals surface area contributed by atoms with Crippen molar-refractivity contribution in [1.29, 1.82) is 0 Å². The van der Waals surface area contributed by atoms with Gasteiger partial charge in [0, 0.05) is 7.05 Å². The summed E-state index contributed by atoms with van der Waals surface area (Å²) in [5.41, 5.74) is 6.00. The highest BCUT2D eigenvalue weighted by Crippen LogP contribution is 2.05. The molecule has 1 unspecified atom stereocenters. The van der Waals surface area contributed by atoms with Gasteiger partial charge in [0.05, 0.1) is 6.04 Å². The third-order valence-electron chi connectivity index (χ3n) is 2.49. The summed E-state index contributed by atoms with van der Waals surface area (Å²) in [6.07, 6.45) is -0.213. The summed E-state index contributed by atoms with van der Waals surface area (Å²) in [7, 11) is 1.24. The molecule has 0 saturated carbocycles. The van der Waals surface area contributed by atoms with Gasteiger partial charge in [-0.25, -0.2) is 19.3 Å². The fraction of sp³-hybridized carbons (Fsp3) is 0.333. The fourth-order valence-electron chi connectivity index (χ4n) is 1.39. The summed E-state index contributed by atoms with van der Waals surface area (Å²) >= 11 is 5.60. The highest BCUT2D eigenvalue weighted by molar-refractivity contribution is 6.13. The molecule has 3 N–H and O–H groups in total. The first kappa shape index (κ1) is 15.3. The van der Waals surface area contributed by atoms with Crippen LogP contribution in [-0.4, -0.2) is 36.7 Å². The fourth-order valence-corrected chi connectivity index (χ4v) is 1.53. The number of hydrogen-bond acceptors (Lipinski definition) is 4. The molecule has 3 amide bonds. The lowest BCUT2D eigenvalue weighted by Gasteiger charge is -2.17. The van der Waals surface area contributed by atoms with E-state index in [0.29, 0.717) is 11.3 Å². The Kier molecular flexibility index (Phi) is 6.11. The molecule has 0 aliphatic carbocycles. The minimum atomic E-state index is -0.872. The Morgan fingerprint density at radius 2 is 2.05 bits per heavy atom. The van der Waals surface area contributed by atoms with Gasteiger partial charge < -0.3 is 10.5 Å². The number of hydrogen-bond donors (Lipinski definition) is 2. The number of nitrogens with one attached hydrogen (secondary N) is 1. The van der Waals surface area contributed by atoms with Crippen LogP contribution in [0.25, 0.3) is 0 Å². The highest BCUT2D eigenvalue weighted by Gasteiger charge is 2.17. The number of primary amides is 1. The van der Waals surface area contributed by atoms with Crippen LogP contribution in [0.15, 0.2) is 30.3 Å². The van der Waals surface area contributed by atoms with Crippen LogP contribution in [-0.2, 0) is 11.2 Å². The number of nitrogens with two attached hydrogens (primary N) is 1. The van der Waals surface area contributed by atoms with E-state index >= 15 is 0 Å². The van der Waals surface area contributed by atoms with E-state index in [1.807, 2.05) is 30.3 Å². The van der Waals surface area contributed by atoms with Crippen LogP contribution in [0.2, 0.25) is 0 Å². The summed E-state index contributed by atoms with van der Waals surface area (Å²) in [4.78, 5) is 25.4. The number of urea groups is 1. The number of rotatable bonds is 5. The van der Waals surface area contributed by atoms with Crippen molar-refractivity contribution in [3.05, 3.63) is 35.9 Å². The van der Waals surface area contributed by atoms with Crippen LogP contribution >= 0.6 is 11.8 Å². The Morgan fingerprint density at radius 3 is 2.58 bits per heavy atom. The van der Waals surface area contributed by atoms with Crippen molar-refractivity contribution in [3.63, 3.8) is 0 Å². The van der Waals surface area contributed by atoms with Gasteiger partial charge in [-0.2, -0.15) is 0 Å². The van der Waals surface area contributed by atoms with Gasteiger partial charge in [0.1, 0.15) is 6.61 Å². The van der Waals surface area contributed by atoms with Crippen molar-refractivity contribution >= 4 is 23.9 Å². The van der Waals surface area contributed by atoms with E-state index in [4.69, 9.17) is 22.2 Å². The molecular formula is C12H16ClN3O3. The molecule has 0 fully saturated rings. The number of carbonyl (C=O) groups excluding carboxylic acids is 2. The highest BCUT2D eigenvalue weighted by atomic mass is 35.5. The summed E-state index contributed by atoms with van der Waals surface area (Å²) < 4.78 is 4.93. The molecule has 6 nitrogen and oxygen atoms in total. The zero-order valence-electron chi connectivity index (χ0n) is 10.5. The molecule has 0 bridgehead atoms. The van der Waals surface area contributed by atoms with E-state index < -0.39 is 12.1 Å². The molecule has 0 aliphatic heterocycles. The minimum Gasteiger partial charge on any atom is -0.447 e. The third kappa shape index (κ3) is 5.15. The molecule has 1 rings (SSSR count).